The Bertz CT molecular complexity index is 1740. The zero-order chi connectivity index (χ0) is 33.7. The van der Waals surface area contributed by atoms with E-state index >= 15 is 0 Å². The SMILES string of the molecule is COc1ccc(OCC(=O)N[C@H](C(=O)N2C[C@H](Oc3cc(-c4ccccc4)nc4cc(OC)ccc34)C[C@H]2C(=O)O)C(C)(C)C)cc1. The van der Waals surface area contributed by atoms with Gasteiger partial charge in [0, 0.05) is 29.5 Å². The Balaban J connectivity index is 1.36. The van der Waals surface area contributed by atoms with E-state index in [4.69, 9.17) is 23.9 Å². The first-order valence-electron chi connectivity index (χ1n) is 15.3. The number of carboxylic acids is 1. The lowest BCUT2D eigenvalue weighted by atomic mass is 9.85. The summed E-state index contributed by atoms with van der Waals surface area (Å²) in [5.74, 6) is 0.0760. The van der Waals surface area contributed by atoms with Crippen LogP contribution in [0.15, 0.2) is 78.9 Å². The van der Waals surface area contributed by atoms with E-state index in [0.717, 1.165) is 10.9 Å². The van der Waals surface area contributed by atoms with Gasteiger partial charge in [-0.25, -0.2) is 9.78 Å². The molecule has 11 heteroatoms. The van der Waals surface area contributed by atoms with Gasteiger partial charge in [-0.05, 0) is 41.8 Å². The topological polar surface area (TPSA) is 137 Å². The average molecular weight is 642 g/mol. The Hall–Kier alpha value is -5.32. The highest BCUT2D eigenvalue weighted by molar-refractivity contribution is 5.92. The van der Waals surface area contributed by atoms with Crippen LogP contribution in [-0.2, 0) is 14.4 Å². The van der Waals surface area contributed by atoms with E-state index < -0.39 is 41.4 Å². The van der Waals surface area contributed by atoms with Crippen LogP contribution in [-0.4, -0.2) is 78.3 Å². The van der Waals surface area contributed by atoms with E-state index in [9.17, 15) is 19.5 Å². The number of aliphatic carboxylic acids is 1. The summed E-state index contributed by atoms with van der Waals surface area (Å²) in [6.45, 7) is 5.11. The molecule has 1 saturated heterocycles. The fraction of sp³-hybridized carbons (Fsp3) is 0.333. The van der Waals surface area contributed by atoms with Gasteiger partial charge in [0.1, 0.15) is 41.2 Å². The van der Waals surface area contributed by atoms with Gasteiger partial charge in [-0.3, -0.25) is 9.59 Å². The van der Waals surface area contributed by atoms with Crippen molar-refractivity contribution in [1.82, 2.24) is 15.2 Å². The molecule has 1 fully saturated rings. The fourth-order valence-electron chi connectivity index (χ4n) is 5.54. The maximum atomic E-state index is 14.0. The smallest absolute Gasteiger partial charge is 0.326 e. The molecular weight excluding hydrogens is 602 g/mol. The molecule has 246 valence electrons. The number of ether oxygens (including phenoxy) is 4. The van der Waals surface area contributed by atoms with Crippen LogP contribution in [0.5, 0.6) is 23.0 Å². The molecule has 2 heterocycles. The molecule has 1 aliphatic rings. The van der Waals surface area contributed by atoms with Crippen molar-refractivity contribution in [3.05, 3.63) is 78.9 Å². The number of carbonyl (C=O) groups is 3. The Kier molecular flexibility index (Phi) is 9.83. The summed E-state index contributed by atoms with van der Waals surface area (Å²) in [5.41, 5.74) is 1.47. The Labute approximate surface area is 273 Å². The number of benzene rings is 3. The van der Waals surface area contributed by atoms with Crippen LogP contribution in [0.25, 0.3) is 22.2 Å². The number of carboxylic acid groups (broad SMARTS) is 1. The monoisotopic (exact) mass is 641 g/mol. The summed E-state index contributed by atoms with van der Waals surface area (Å²) < 4.78 is 22.6. The van der Waals surface area contributed by atoms with Crippen molar-refractivity contribution >= 4 is 28.7 Å². The fourth-order valence-corrected chi connectivity index (χ4v) is 5.54. The Morgan fingerprint density at radius 2 is 1.60 bits per heavy atom. The second-order valence-corrected chi connectivity index (χ2v) is 12.4. The lowest BCUT2D eigenvalue weighted by Gasteiger charge is -2.34. The second kappa shape index (κ2) is 14.0. The molecule has 47 heavy (non-hydrogen) atoms. The number of methoxy groups -OCH3 is 2. The maximum Gasteiger partial charge on any atom is 0.326 e. The molecule has 3 atom stereocenters. The van der Waals surface area contributed by atoms with Crippen LogP contribution >= 0.6 is 0 Å². The number of carbonyl (C=O) groups excluding carboxylic acids is 2. The first kappa shape index (κ1) is 33.1. The van der Waals surface area contributed by atoms with Gasteiger partial charge in [0.05, 0.1) is 32.0 Å². The lowest BCUT2D eigenvalue weighted by Crippen LogP contribution is -2.57. The average Bonchev–Trinajstić information content (AvgIpc) is 3.50. The summed E-state index contributed by atoms with van der Waals surface area (Å²) in [6, 6.07) is 21.5. The van der Waals surface area contributed by atoms with Gasteiger partial charge in [-0.2, -0.15) is 0 Å². The highest BCUT2D eigenvalue weighted by Gasteiger charge is 2.46. The molecule has 1 aliphatic heterocycles. The minimum atomic E-state index is -1.15. The van der Waals surface area contributed by atoms with Crippen molar-refractivity contribution in [2.75, 3.05) is 27.4 Å². The molecule has 0 radical (unpaired) electrons. The quantitative estimate of drug-likeness (QED) is 0.233. The molecule has 4 aromatic rings. The van der Waals surface area contributed by atoms with E-state index in [0.29, 0.717) is 34.2 Å². The highest BCUT2D eigenvalue weighted by Crippen LogP contribution is 2.35. The third-order valence-electron chi connectivity index (χ3n) is 8.02. The normalized spacial score (nSPS) is 16.7. The molecule has 11 nitrogen and oxygen atoms in total. The van der Waals surface area contributed by atoms with Crippen molar-refractivity contribution in [3.8, 4) is 34.3 Å². The van der Waals surface area contributed by atoms with Gasteiger partial charge in [0.25, 0.3) is 5.91 Å². The minimum absolute atomic E-state index is 0.0151. The summed E-state index contributed by atoms with van der Waals surface area (Å²) in [7, 11) is 3.13. The molecule has 0 bridgehead atoms. The van der Waals surface area contributed by atoms with E-state index in [1.165, 1.54) is 4.90 Å². The van der Waals surface area contributed by atoms with Crippen LogP contribution in [0.1, 0.15) is 27.2 Å². The van der Waals surface area contributed by atoms with Crippen molar-refractivity contribution in [2.24, 2.45) is 5.41 Å². The number of nitrogens with one attached hydrogen (secondary N) is 1. The van der Waals surface area contributed by atoms with E-state index in [2.05, 4.69) is 5.32 Å². The zero-order valence-electron chi connectivity index (χ0n) is 27.1. The minimum Gasteiger partial charge on any atom is -0.497 e. The highest BCUT2D eigenvalue weighted by atomic mass is 16.5. The number of rotatable bonds is 11. The molecule has 2 amide bonds. The Morgan fingerprint density at radius 3 is 2.23 bits per heavy atom. The van der Waals surface area contributed by atoms with E-state index in [1.54, 1.807) is 44.6 Å². The maximum absolute atomic E-state index is 14.0. The second-order valence-electron chi connectivity index (χ2n) is 12.4. The lowest BCUT2D eigenvalue weighted by molar-refractivity contribution is -0.150. The first-order chi connectivity index (χ1) is 22.5. The predicted octanol–water partition coefficient (Wildman–Crippen LogP) is 4.96. The summed E-state index contributed by atoms with van der Waals surface area (Å²) in [5, 5.41) is 13.7. The largest absolute Gasteiger partial charge is 0.497 e. The molecular formula is C36H39N3O8. The standard InChI is InChI=1S/C36H39N3O8/c1-36(2,3)33(38-32(40)21-46-24-13-11-23(44-4)12-14-24)34(41)39-20-26(18-30(39)35(42)43)47-31-19-28(22-9-7-6-8-10-22)37-29-17-25(45-5)15-16-27(29)31/h6-17,19,26,30,33H,18,20-21H2,1-5H3,(H,38,40)(H,42,43)/t26-,30+,33-/m1/s1. The molecule has 0 unspecified atom stereocenters. The van der Waals surface area contributed by atoms with Crippen molar-refractivity contribution < 1.29 is 38.4 Å². The third-order valence-corrected chi connectivity index (χ3v) is 8.02. The van der Waals surface area contributed by atoms with Crippen molar-refractivity contribution in [1.29, 1.82) is 0 Å². The van der Waals surface area contributed by atoms with Gasteiger partial charge in [0.15, 0.2) is 6.61 Å². The molecule has 2 N–H and O–H groups in total. The number of fused-ring (bicyclic) bond motifs is 1. The van der Waals surface area contributed by atoms with Crippen molar-refractivity contribution in [2.45, 2.75) is 45.4 Å². The van der Waals surface area contributed by atoms with Gasteiger partial charge < -0.3 is 34.3 Å². The van der Waals surface area contributed by atoms with Crippen LogP contribution < -0.4 is 24.3 Å². The summed E-state index contributed by atoms with van der Waals surface area (Å²) in [4.78, 5) is 45.5. The molecule has 0 saturated carbocycles. The Morgan fingerprint density at radius 1 is 0.936 bits per heavy atom. The summed E-state index contributed by atoms with van der Waals surface area (Å²) >= 11 is 0. The predicted molar refractivity (Wildman–Crippen MR) is 176 cm³/mol. The van der Waals surface area contributed by atoms with Gasteiger partial charge >= 0.3 is 5.97 Å². The number of hydrogen-bond donors (Lipinski definition) is 2. The number of pyridine rings is 1. The number of hydrogen-bond acceptors (Lipinski definition) is 8. The number of likely N-dealkylation sites (tertiary alicyclic amines) is 1. The van der Waals surface area contributed by atoms with E-state index in [1.807, 2.05) is 69.3 Å². The van der Waals surface area contributed by atoms with Crippen LogP contribution in [0.4, 0.5) is 0 Å². The van der Waals surface area contributed by atoms with Crippen LogP contribution in [0, 0.1) is 5.41 Å². The first-order valence-corrected chi connectivity index (χ1v) is 15.3. The molecule has 0 aliphatic carbocycles. The zero-order valence-corrected chi connectivity index (χ0v) is 27.1. The molecule has 5 rings (SSSR count). The molecule has 1 aromatic heterocycles. The number of amides is 2. The van der Waals surface area contributed by atoms with Crippen LogP contribution in [0.2, 0.25) is 0 Å². The van der Waals surface area contributed by atoms with Gasteiger partial charge in [-0.1, -0.05) is 51.1 Å². The number of aromatic nitrogens is 1. The molecule has 3 aromatic carbocycles. The van der Waals surface area contributed by atoms with Crippen LogP contribution in [0.3, 0.4) is 0 Å². The third kappa shape index (κ3) is 7.74. The molecule has 0 spiro atoms. The van der Waals surface area contributed by atoms with E-state index in [-0.39, 0.29) is 19.6 Å². The van der Waals surface area contributed by atoms with Crippen molar-refractivity contribution in [3.63, 3.8) is 0 Å². The number of nitrogens with zero attached hydrogens (tertiary/aromatic N) is 2. The van der Waals surface area contributed by atoms with Gasteiger partial charge in [-0.15, -0.1) is 0 Å². The summed E-state index contributed by atoms with van der Waals surface area (Å²) in [6.07, 6.45) is -0.571. The van der Waals surface area contributed by atoms with Gasteiger partial charge in [0.2, 0.25) is 5.91 Å².